The van der Waals surface area contributed by atoms with Crippen LogP contribution in [0.1, 0.15) is 41.6 Å². The van der Waals surface area contributed by atoms with Crippen molar-refractivity contribution in [2.75, 3.05) is 30.3 Å². The molecule has 6 N–H and O–H groups in total. The Morgan fingerprint density at radius 1 is 1.19 bits per heavy atom. The molecule has 0 aliphatic heterocycles. The van der Waals surface area contributed by atoms with Gasteiger partial charge in [0.05, 0.1) is 6.54 Å². The number of benzene rings is 1. The zero-order chi connectivity index (χ0) is 22.2. The third-order valence-electron chi connectivity index (χ3n) is 5.61. The van der Waals surface area contributed by atoms with Crippen molar-refractivity contribution in [3.63, 3.8) is 0 Å². The number of hydrogen-bond acceptors (Lipinski definition) is 7. The van der Waals surface area contributed by atoms with Crippen LogP contribution in [0, 0.1) is 18.8 Å². The number of anilines is 3. The molecular weight excluding hydrogens is 396 g/mol. The molecule has 1 saturated carbocycles. The van der Waals surface area contributed by atoms with Gasteiger partial charge in [-0.15, -0.1) is 0 Å². The summed E-state index contributed by atoms with van der Waals surface area (Å²) >= 11 is 0. The molecule has 1 fully saturated rings. The van der Waals surface area contributed by atoms with Crippen LogP contribution in [0.4, 0.5) is 17.5 Å². The molecule has 0 bridgehead atoms. The lowest BCUT2D eigenvalue weighted by Crippen LogP contribution is -2.36. The third-order valence-corrected chi connectivity index (χ3v) is 5.61. The quantitative estimate of drug-likeness (QED) is 0.390. The minimum absolute atomic E-state index is 0.0255. The van der Waals surface area contributed by atoms with Gasteiger partial charge in [0.2, 0.25) is 5.95 Å². The van der Waals surface area contributed by atoms with E-state index in [2.05, 4.69) is 25.9 Å². The first-order valence-corrected chi connectivity index (χ1v) is 10.6. The zero-order valence-corrected chi connectivity index (χ0v) is 17.7. The minimum Gasteiger partial charge on any atom is -0.480 e. The molecule has 2 aromatic rings. The van der Waals surface area contributed by atoms with E-state index in [4.69, 9.17) is 10.8 Å². The number of carbonyl (C=O) groups excluding carboxylic acids is 1. The number of carbonyl (C=O) groups is 2. The molecule has 1 aliphatic rings. The van der Waals surface area contributed by atoms with E-state index < -0.39 is 11.9 Å². The highest BCUT2D eigenvalue weighted by Crippen LogP contribution is 2.30. The lowest BCUT2D eigenvalue weighted by atomic mass is 9.79. The highest BCUT2D eigenvalue weighted by Gasteiger charge is 2.25. The number of aromatic nitrogens is 2. The molecule has 166 valence electrons. The largest absolute Gasteiger partial charge is 0.480 e. The summed E-state index contributed by atoms with van der Waals surface area (Å²) in [7, 11) is 0. The fraction of sp³-hybridized carbons (Fsp3) is 0.455. The monoisotopic (exact) mass is 426 g/mol. The van der Waals surface area contributed by atoms with E-state index in [1.165, 1.54) is 6.20 Å². The normalized spacial score (nSPS) is 18.4. The Morgan fingerprint density at radius 3 is 2.61 bits per heavy atom. The Morgan fingerprint density at radius 2 is 1.94 bits per heavy atom. The number of nitrogens with one attached hydrogen (secondary N) is 3. The van der Waals surface area contributed by atoms with Gasteiger partial charge in [-0.05, 0) is 55.8 Å². The average molecular weight is 427 g/mol. The predicted molar refractivity (Wildman–Crippen MR) is 119 cm³/mol. The number of rotatable bonds is 10. The van der Waals surface area contributed by atoms with Gasteiger partial charge in [0.25, 0.3) is 5.91 Å². The predicted octanol–water partition coefficient (Wildman–Crippen LogP) is 2.52. The SMILES string of the molecule is Cc1cccc(Nc2nc(NCC3CCCCC3CNCC(=O)O)ncc2C(N)=O)c1. The van der Waals surface area contributed by atoms with Gasteiger partial charge < -0.3 is 26.8 Å². The van der Waals surface area contributed by atoms with Crippen LogP contribution in [-0.4, -0.2) is 46.6 Å². The number of primary amides is 1. The molecule has 9 nitrogen and oxygen atoms in total. The van der Waals surface area contributed by atoms with Crippen LogP contribution in [-0.2, 0) is 4.79 Å². The molecule has 2 unspecified atom stereocenters. The summed E-state index contributed by atoms with van der Waals surface area (Å²) in [6.45, 7) is 3.32. The Balaban J connectivity index is 1.67. The summed E-state index contributed by atoms with van der Waals surface area (Å²) in [5, 5.41) is 18.3. The van der Waals surface area contributed by atoms with Crippen molar-refractivity contribution < 1.29 is 14.7 Å². The standard InChI is InChI=1S/C22H30N6O3/c1-14-5-4-8-17(9-14)27-21-18(20(23)31)12-26-22(28-21)25-11-16-7-3-2-6-15(16)10-24-13-19(29)30/h4-5,8-9,12,15-16,24H,2-3,6-7,10-11,13H2,1H3,(H2,23,31)(H,29,30)(H2,25,26,27,28). The van der Waals surface area contributed by atoms with Crippen LogP contribution in [0.2, 0.25) is 0 Å². The smallest absolute Gasteiger partial charge is 0.317 e. The van der Waals surface area contributed by atoms with Crippen molar-refractivity contribution in [3.05, 3.63) is 41.6 Å². The molecule has 0 spiro atoms. The number of aliphatic carboxylic acids is 1. The molecule has 3 rings (SSSR count). The minimum atomic E-state index is -0.845. The van der Waals surface area contributed by atoms with Crippen molar-refractivity contribution in [2.24, 2.45) is 17.6 Å². The molecule has 1 amide bonds. The summed E-state index contributed by atoms with van der Waals surface area (Å²) in [5.74, 6) is 0.125. The summed E-state index contributed by atoms with van der Waals surface area (Å²) in [4.78, 5) is 31.3. The second-order valence-electron chi connectivity index (χ2n) is 8.02. The summed E-state index contributed by atoms with van der Waals surface area (Å²) in [5.41, 5.74) is 7.61. The molecule has 9 heteroatoms. The van der Waals surface area contributed by atoms with Crippen LogP contribution in [0.25, 0.3) is 0 Å². The Bertz CT molecular complexity index is 920. The van der Waals surface area contributed by atoms with Gasteiger partial charge in [-0.3, -0.25) is 9.59 Å². The van der Waals surface area contributed by atoms with E-state index >= 15 is 0 Å². The van der Waals surface area contributed by atoms with Gasteiger partial charge in [-0.2, -0.15) is 4.98 Å². The summed E-state index contributed by atoms with van der Waals surface area (Å²) < 4.78 is 0. The third kappa shape index (κ3) is 6.65. The van der Waals surface area contributed by atoms with Crippen molar-refractivity contribution in [3.8, 4) is 0 Å². The number of nitrogens with two attached hydrogens (primary N) is 1. The van der Waals surface area contributed by atoms with Crippen molar-refractivity contribution >= 4 is 29.3 Å². The van der Waals surface area contributed by atoms with E-state index in [1.54, 1.807) is 0 Å². The topological polar surface area (TPSA) is 142 Å². The number of carboxylic acid groups (broad SMARTS) is 1. The highest BCUT2D eigenvalue weighted by atomic mass is 16.4. The summed E-state index contributed by atoms with van der Waals surface area (Å²) in [6.07, 6.45) is 5.89. The molecule has 31 heavy (non-hydrogen) atoms. The maximum atomic E-state index is 11.8. The van der Waals surface area contributed by atoms with E-state index in [1.807, 2.05) is 31.2 Å². The van der Waals surface area contributed by atoms with Gasteiger partial charge in [0.1, 0.15) is 11.4 Å². The average Bonchev–Trinajstić information content (AvgIpc) is 2.73. The molecule has 0 saturated heterocycles. The molecule has 1 aromatic heterocycles. The molecule has 0 radical (unpaired) electrons. The van der Waals surface area contributed by atoms with Crippen LogP contribution in [0.3, 0.4) is 0 Å². The highest BCUT2D eigenvalue weighted by molar-refractivity contribution is 5.98. The second-order valence-corrected chi connectivity index (χ2v) is 8.02. The molecule has 1 aliphatic carbocycles. The fourth-order valence-corrected chi connectivity index (χ4v) is 4.01. The first-order valence-electron chi connectivity index (χ1n) is 10.6. The van der Waals surface area contributed by atoms with Gasteiger partial charge in [0.15, 0.2) is 0 Å². The van der Waals surface area contributed by atoms with Gasteiger partial charge >= 0.3 is 5.97 Å². The van der Waals surface area contributed by atoms with Crippen LogP contribution in [0.15, 0.2) is 30.5 Å². The molecule has 1 aromatic carbocycles. The van der Waals surface area contributed by atoms with E-state index in [9.17, 15) is 9.59 Å². The Hall–Kier alpha value is -3.20. The number of hydrogen-bond donors (Lipinski definition) is 5. The molecular formula is C22H30N6O3. The number of amides is 1. The van der Waals surface area contributed by atoms with Crippen LogP contribution >= 0.6 is 0 Å². The first-order chi connectivity index (χ1) is 14.9. The van der Waals surface area contributed by atoms with Gasteiger partial charge in [-0.1, -0.05) is 25.0 Å². The number of carboxylic acids is 1. The van der Waals surface area contributed by atoms with E-state index in [0.29, 0.717) is 36.7 Å². The van der Waals surface area contributed by atoms with Gasteiger partial charge in [-0.25, -0.2) is 4.98 Å². The Labute approximate surface area is 181 Å². The number of nitrogens with zero attached hydrogens (tertiary/aromatic N) is 2. The second kappa shape index (κ2) is 10.7. The lowest BCUT2D eigenvalue weighted by Gasteiger charge is -2.31. The van der Waals surface area contributed by atoms with Crippen molar-refractivity contribution in [2.45, 2.75) is 32.6 Å². The van der Waals surface area contributed by atoms with Crippen LogP contribution < -0.4 is 21.7 Å². The molecule has 2 atom stereocenters. The van der Waals surface area contributed by atoms with Gasteiger partial charge in [0, 0.05) is 18.4 Å². The lowest BCUT2D eigenvalue weighted by molar-refractivity contribution is -0.136. The Kier molecular flexibility index (Phi) is 7.77. The number of aryl methyl sites for hydroxylation is 1. The fourth-order valence-electron chi connectivity index (χ4n) is 4.01. The molecule has 1 heterocycles. The van der Waals surface area contributed by atoms with E-state index in [-0.39, 0.29) is 12.1 Å². The van der Waals surface area contributed by atoms with E-state index in [0.717, 1.165) is 36.9 Å². The van der Waals surface area contributed by atoms with Crippen LogP contribution in [0.5, 0.6) is 0 Å². The van der Waals surface area contributed by atoms with Crippen molar-refractivity contribution in [1.82, 2.24) is 15.3 Å². The first kappa shape index (κ1) is 22.5. The van der Waals surface area contributed by atoms with Crippen molar-refractivity contribution in [1.29, 1.82) is 0 Å². The maximum absolute atomic E-state index is 11.8. The zero-order valence-electron chi connectivity index (χ0n) is 17.7. The summed E-state index contributed by atoms with van der Waals surface area (Å²) in [6, 6.07) is 7.75. The maximum Gasteiger partial charge on any atom is 0.317 e.